The second kappa shape index (κ2) is 7.47. The summed E-state index contributed by atoms with van der Waals surface area (Å²) in [6.45, 7) is 2.32. The van der Waals surface area contributed by atoms with E-state index in [9.17, 15) is 14.0 Å². The summed E-state index contributed by atoms with van der Waals surface area (Å²) in [6, 6.07) is 4.48. The van der Waals surface area contributed by atoms with Gasteiger partial charge in [-0.25, -0.2) is 9.18 Å². The maximum Gasteiger partial charge on any atom is 0.317 e. The zero-order valence-electron chi connectivity index (χ0n) is 11.6. The Hall–Kier alpha value is -2.11. The normalized spacial score (nSPS) is 10.2. The highest BCUT2D eigenvalue weighted by Crippen LogP contribution is 2.10. The standard InChI is InChI=1S/C14H19FN2O3/c1-10-3-4-12(15)11(9-10)5-7-16-14(20)17(2)8-6-13(18)19/h3-4,9H,5-8H2,1-2H3,(H,16,20)(H,18,19). The van der Waals surface area contributed by atoms with Crippen molar-refractivity contribution in [3.05, 3.63) is 35.1 Å². The van der Waals surface area contributed by atoms with Gasteiger partial charge < -0.3 is 15.3 Å². The first kappa shape index (κ1) is 15.9. The zero-order chi connectivity index (χ0) is 15.1. The fourth-order valence-electron chi connectivity index (χ4n) is 1.70. The van der Waals surface area contributed by atoms with E-state index >= 15 is 0 Å². The zero-order valence-corrected chi connectivity index (χ0v) is 11.6. The summed E-state index contributed by atoms with van der Waals surface area (Å²) in [5.41, 5.74) is 1.52. The molecule has 110 valence electrons. The van der Waals surface area contributed by atoms with Gasteiger partial charge in [0.1, 0.15) is 5.82 Å². The highest BCUT2D eigenvalue weighted by molar-refractivity contribution is 5.74. The molecule has 0 aliphatic heterocycles. The molecule has 1 aromatic rings. The van der Waals surface area contributed by atoms with Gasteiger partial charge in [-0.3, -0.25) is 4.79 Å². The van der Waals surface area contributed by atoms with Crippen LogP contribution in [0.2, 0.25) is 0 Å². The topological polar surface area (TPSA) is 69.6 Å². The number of carboxylic acids is 1. The molecule has 0 aliphatic carbocycles. The number of amides is 2. The Balaban J connectivity index is 2.38. The molecule has 0 spiro atoms. The van der Waals surface area contributed by atoms with E-state index in [4.69, 9.17) is 5.11 Å². The predicted octanol–water partition coefficient (Wildman–Crippen LogP) is 1.79. The van der Waals surface area contributed by atoms with Crippen molar-refractivity contribution in [2.45, 2.75) is 19.8 Å². The third-order valence-corrected chi connectivity index (χ3v) is 2.88. The fraction of sp³-hybridized carbons (Fsp3) is 0.429. The Morgan fingerprint density at radius 1 is 1.40 bits per heavy atom. The molecule has 2 amide bonds. The molecule has 6 heteroatoms. The predicted molar refractivity (Wildman–Crippen MR) is 73.1 cm³/mol. The molecule has 0 atom stereocenters. The van der Waals surface area contributed by atoms with Crippen molar-refractivity contribution >= 4 is 12.0 Å². The smallest absolute Gasteiger partial charge is 0.317 e. The van der Waals surface area contributed by atoms with Gasteiger partial charge in [-0.1, -0.05) is 17.7 Å². The first-order valence-corrected chi connectivity index (χ1v) is 6.36. The Kier molecular flexibility index (Phi) is 5.96. The van der Waals surface area contributed by atoms with E-state index in [1.54, 1.807) is 12.1 Å². The average Bonchev–Trinajstić information content (AvgIpc) is 2.39. The molecule has 1 rings (SSSR count). The van der Waals surface area contributed by atoms with Crippen LogP contribution in [-0.2, 0) is 11.2 Å². The average molecular weight is 282 g/mol. The van der Waals surface area contributed by atoms with Gasteiger partial charge in [-0.2, -0.15) is 0 Å². The molecule has 0 fully saturated rings. The van der Waals surface area contributed by atoms with Crippen LogP contribution >= 0.6 is 0 Å². The molecule has 0 bridgehead atoms. The molecular weight excluding hydrogens is 263 g/mol. The van der Waals surface area contributed by atoms with E-state index in [1.165, 1.54) is 18.0 Å². The Bertz CT molecular complexity index is 491. The van der Waals surface area contributed by atoms with Gasteiger partial charge in [0.2, 0.25) is 0 Å². The highest BCUT2D eigenvalue weighted by atomic mass is 19.1. The number of hydrogen-bond donors (Lipinski definition) is 2. The SMILES string of the molecule is Cc1ccc(F)c(CCNC(=O)N(C)CCC(=O)O)c1. The van der Waals surface area contributed by atoms with Gasteiger partial charge in [-0.05, 0) is 25.0 Å². The lowest BCUT2D eigenvalue weighted by Gasteiger charge is -2.17. The quantitative estimate of drug-likeness (QED) is 0.835. The van der Waals surface area contributed by atoms with Crippen molar-refractivity contribution in [2.75, 3.05) is 20.1 Å². The van der Waals surface area contributed by atoms with Crippen LogP contribution in [0.5, 0.6) is 0 Å². The summed E-state index contributed by atoms with van der Waals surface area (Å²) in [5.74, 6) is -1.24. The van der Waals surface area contributed by atoms with E-state index in [2.05, 4.69) is 5.32 Å². The van der Waals surface area contributed by atoms with E-state index in [0.717, 1.165) is 5.56 Å². The van der Waals surface area contributed by atoms with Crippen LogP contribution in [0.3, 0.4) is 0 Å². The van der Waals surface area contributed by atoms with Crippen molar-refractivity contribution in [3.63, 3.8) is 0 Å². The molecule has 20 heavy (non-hydrogen) atoms. The molecule has 2 N–H and O–H groups in total. The first-order valence-electron chi connectivity index (χ1n) is 6.36. The Labute approximate surface area is 117 Å². The minimum absolute atomic E-state index is 0.101. The molecule has 0 aromatic heterocycles. The van der Waals surface area contributed by atoms with Crippen LogP contribution in [-0.4, -0.2) is 42.1 Å². The Morgan fingerprint density at radius 2 is 2.10 bits per heavy atom. The van der Waals surface area contributed by atoms with Crippen LogP contribution in [0.15, 0.2) is 18.2 Å². The molecule has 5 nitrogen and oxygen atoms in total. The molecule has 0 heterocycles. The number of rotatable bonds is 6. The van der Waals surface area contributed by atoms with Gasteiger partial charge in [0.15, 0.2) is 0 Å². The second-order valence-electron chi connectivity index (χ2n) is 4.64. The first-order chi connectivity index (χ1) is 9.40. The summed E-state index contributed by atoms with van der Waals surface area (Å²) in [7, 11) is 1.52. The molecule has 0 saturated carbocycles. The number of carboxylic acid groups (broad SMARTS) is 1. The summed E-state index contributed by atoms with van der Waals surface area (Å²) in [6.07, 6.45) is 0.294. The fourth-order valence-corrected chi connectivity index (χ4v) is 1.70. The third kappa shape index (κ3) is 5.26. The van der Waals surface area contributed by atoms with Gasteiger partial charge >= 0.3 is 12.0 Å². The maximum absolute atomic E-state index is 13.5. The molecule has 0 unspecified atom stereocenters. The molecule has 0 saturated heterocycles. The van der Waals surface area contributed by atoms with Crippen LogP contribution in [0.25, 0.3) is 0 Å². The van der Waals surface area contributed by atoms with E-state index in [1.807, 2.05) is 6.92 Å². The summed E-state index contributed by atoms with van der Waals surface area (Å²) >= 11 is 0. The number of carbonyl (C=O) groups excluding carboxylic acids is 1. The summed E-state index contributed by atoms with van der Waals surface area (Å²) in [4.78, 5) is 23.3. The Morgan fingerprint density at radius 3 is 2.75 bits per heavy atom. The number of nitrogens with zero attached hydrogens (tertiary/aromatic N) is 1. The van der Waals surface area contributed by atoms with Gasteiger partial charge in [0.25, 0.3) is 0 Å². The minimum Gasteiger partial charge on any atom is -0.481 e. The van der Waals surface area contributed by atoms with Crippen LogP contribution in [0.1, 0.15) is 17.5 Å². The molecule has 0 radical (unpaired) electrons. The van der Waals surface area contributed by atoms with Crippen molar-refractivity contribution in [2.24, 2.45) is 0 Å². The lowest BCUT2D eigenvalue weighted by atomic mass is 10.1. The molecule has 1 aromatic carbocycles. The number of benzene rings is 1. The van der Waals surface area contributed by atoms with Gasteiger partial charge in [-0.15, -0.1) is 0 Å². The van der Waals surface area contributed by atoms with E-state index < -0.39 is 5.97 Å². The van der Waals surface area contributed by atoms with Crippen molar-refractivity contribution in [3.8, 4) is 0 Å². The number of hydrogen-bond acceptors (Lipinski definition) is 2. The summed E-state index contributed by atoms with van der Waals surface area (Å²) < 4.78 is 13.5. The number of aliphatic carboxylic acids is 1. The lowest BCUT2D eigenvalue weighted by molar-refractivity contribution is -0.137. The minimum atomic E-state index is -0.952. The van der Waals surface area contributed by atoms with Crippen molar-refractivity contribution in [1.82, 2.24) is 10.2 Å². The van der Waals surface area contributed by atoms with Crippen LogP contribution in [0.4, 0.5) is 9.18 Å². The molecule has 0 aliphatic rings. The lowest BCUT2D eigenvalue weighted by Crippen LogP contribution is -2.39. The monoisotopic (exact) mass is 282 g/mol. The van der Waals surface area contributed by atoms with Crippen molar-refractivity contribution in [1.29, 1.82) is 0 Å². The second-order valence-corrected chi connectivity index (χ2v) is 4.64. The van der Waals surface area contributed by atoms with Crippen LogP contribution in [0, 0.1) is 12.7 Å². The largest absolute Gasteiger partial charge is 0.481 e. The number of urea groups is 1. The highest BCUT2D eigenvalue weighted by Gasteiger charge is 2.10. The number of carbonyl (C=O) groups is 2. The number of nitrogens with one attached hydrogen (secondary N) is 1. The van der Waals surface area contributed by atoms with Gasteiger partial charge in [0, 0.05) is 20.1 Å². The van der Waals surface area contributed by atoms with Crippen LogP contribution < -0.4 is 5.32 Å². The maximum atomic E-state index is 13.5. The van der Waals surface area contributed by atoms with Gasteiger partial charge in [0.05, 0.1) is 6.42 Å². The van der Waals surface area contributed by atoms with Crippen molar-refractivity contribution < 1.29 is 19.1 Å². The van der Waals surface area contributed by atoms with E-state index in [0.29, 0.717) is 18.5 Å². The third-order valence-electron chi connectivity index (χ3n) is 2.88. The molecular formula is C14H19FN2O3. The number of halogens is 1. The summed E-state index contributed by atoms with van der Waals surface area (Å²) in [5, 5.41) is 11.2. The van der Waals surface area contributed by atoms with E-state index in [-0.39, 0.29) is 24.8 Å². The number of aryl methyl sites for hydroxylation is 1.